The molecule has 1 aliphatic rings. The first kappa shape index (κ1) is 20.4. The number of nitrogens with one attached hydrogen (secondary N) is 1. The van der Waals surface area contributed by atoms with Crippen LogP contribution in [-0.2, 0) is 34.7 Å². The zero-order chi connectivity index (χ0) is 19.5. The third kappa shape index (κ3) is 4.42. The molecule has 1 aromatic carbocycles. The number of halogens is 2. The Morgan fingerprint density at radius 3 is 2.69 bits per heavy atom. The number of ketones is 1. The van der Waals surface area contributed by atoms with Crippen LogP contribution in [0.25, 0.3) is 0 Å². The number of carbonyl (C=O) groups excluding carboxylic acids is 2. The zero-order valence-electron chi connectivity index (χ0n) is 14.0. The third-order valence-electron chi connectivity index (χ3n) is 3.57. The molecule has 2 rings (SSSR count). The molecule has 1 aromatic rings. The number of benzene rings is 1. The van der Waals surface area contributed by atoms with E-state index in [1.165, 1.54) is 25.1 Å². The van der Waals surface area contributed by atoms with Crippen molar-refractivity contribution in [2.24, 2.45) is 0 Å². The van der Waals surface area contributed by atoms with Gasteiger partial charge in [0.15, 0.2) is 5.60 Å². The highest BCUT2D eigenvalue weighted by Gasteiger charge is 2.50. The molecule has 1 unspecified atom stereocenters. The summed E-state index contributed by atoms with van der Waals surface area (Å²) >= 11 is 3.13. The fourth-order valence-electron chi connectivity index (χ4n) is 2.33. The lowest BCUT2D eigenvalue weighted by Crippen LogP contribution is -2.33. The molecular weight excluding hydrogens is 433 g/mol. The van der Waals surface area contributed by atoms with Gasteiger partial charge in [-0.3, -0.25) is 14.3 Å². The van der Waals surface area contributed by atoms with Crippen molar-refractivity contribution in [2.45, 2.75) is 25.9 Å². The summed E-state index contributed by atoms with van der Waals surface area (Å²) in [6.07, 6.45) is 0.320. The number of sulfonamides is 1. The Kier molecular flexibility index (Phi) is 6.07. The second kappa shape index (κ2) is 7.75. The summed E-state index contributed by atoms with van der Waals surface area (Å²) in [4.78, 5) is 24.1. The van der Waals surface area contributed by atoms with Crippen LogP contribution in [0.15, 0.2) is 35.9 Å². The zero-order valence-corrected chi connectivity index (χ0v) is 16.4. The molecule has 7 nitrogen and oxygen atoms in total. The van der Waals surface area contributed by atoms with Crippen LogP contribution in [0.3, 0.4) is 0 Å². The summed E-state index contributed by atoms with van der Waals surface area (Å²) in [6, 6.07) is 5.12. The van der Waals surface area contributed by atoms with Crippen molar-refractivity contribution in [1.82, 2.24) is 4.72 Å². The normalized spacial score (nSPS) is 20.1. The minimum Gasteiger partial charge on any atom is -0.456 e. The molecule has 142 valence electrons. The van der Waals surface area contributed by atoms with Gasteiger partial charge in [-0.2, -0.15) is 0 Å². The second-order valence-electron chi connectivity index (χ2n) is 5.69. The monoisotopic (exact) mass is 449 g/mol. The van der Waals surface area contributed by atoms with Crippen LogP contribution >= 0.6 is 15.9 Å². The lowest BCUT2D eigenvalue weighted by Gasteiger charge is -2.23. The molecular formula is C16H17BrFNO6S. The number of alkyl halides is 1. The summed E-state index contributed by atoms with van der Waals surface area (Å²) in [6.45, 7) is 2.41. The fourth-order valence-corrected chi connectivity index (χ4v) is 4.03. The molecule has 0 saturated heterocycles. The number of esters is 1. The maximum atomic E-state index is 13.6. The van der Waals surface area contributed by atoms with Gasteiger partial charge in [0.25, 0.3) is 5.78 Å². The largest absolute Gasteiger partial charge is 0.456 e. The molecule has 0 fully saturated rings. The minimum atomic E-state index is -3.84. The predicted octanol–water partition coefficient (Wildman–Crippen LogP) is 2.08. The summed E-state index contributed by atoms with van der Waals surface area (Å²) in [5.74, 6) is -3.50. The van der Waals surface area contributed by atoms with Gasteiger partial charge in [0, 0.05) is 17.8 Å². The molecule has 0 bridgehead atoms. The Labute approximate surface area is 158 Å². The SMILES string of the molecule is CC(=O)OC1=C(NS(=O)(=O)CCCBr)OC(C)(c2cccc(F)c2)C1=O. The van der Waals surface area contributed by atoms with Crippen LogP contribution in [0.4, 0.5) is 4.39 Å². The molecule has 1 aliphatic heterocycles. The highest BCUT2D eigenvalue weighted by Crippen LogP contribution is 2.38. The molecule has 26 heavy (non-hydrogen) atoms. The van der Waals surface area contributed by atoms with E-state index in [2.05, 4.69) is 20.7 Å². The maximum Gasteiger partial charge on any atom is 0.308 e. The molecule has 1 N–H and O–H groups in total. The van der Waals surface area contributed by atoms with E-state index in [9.17, 15) is 22.4 Å². The van der Waals surface area contributed by atoms with E-state index in [1.807, 2.05) is 0 Å². The van der Waals surface area contributed by atoms with Crippen LogP contribution in [0.2, 0.25) is 0 Å². The summed E-state index contributed by atoms with van der Waals surface area (Å²) in [5, 5.41) is 0.463. The number of hydrogen-bond acceptors (Lipinski definition) is 6. The number of rotatable bonds is 7. The number of hydrogen-bond donors (Lipinski definition) is 1. The van der Waals surface area contributed by atoms with Crippen LogP contribution in [0, 0.1) is 5.82 Å². The predicted molar refractivity (Wildman–Crippen MR) is 94.0 cm³/mol. The Balaban J connectivity index is 2.41. The van der Waals surface area contributed by atoms with Crippen LogP contribution in [0.1, 0.15) is 25.8 Å². The van der Waals surface area contributed by atoms with Crippen molar-refractivity contribution in [3.8, 4) is 0 Å². The van der Waals surface area contributed by atoms with E-state index in [1.54, 1.807) is 0 Å². The van der Waals surface area contributed by atoms with Crippen molar-refractivity contribution in [3.05, 3.63) is 47.3 Å². The first-order valence-corrected chi connectivity index (χ1v) is 10.4. The highest BCUT2D eigenvalue weighted by atomic mass is 79.9. The fraction of sp³-hybridized carbons (Fsp3) is 0.375. The van der Waals surface area contributed by atoms with Gasteiger partial charge < -0.3 is 9.47 Å². The van der Waals surface area contributed by atoms with Gasteiger partial charge in [-0.1, -0.05) is 28.1 Å². The quantitative estimate of drug-likeness (QED) is 0.505. The average molecular weight is 450 g/mol. The number of ether oxygens (including phenoxy) is 2. The lowest BCUT2D eigenvalue weighted by atomic mass is 9.91. The minimum absolute atomic E-state index is 0.154. The molecule has 10 heteroatoms. The van der Waals surface area contributed by atoms with Crippen molar-refractivity contribution in [3.63, 3.8) is 0 Å². The van der Waals surface area contributed by atoms with Gasteiger partial charge in [-0.15, -0.1) is 0 Å². The van der Waals surface area contributed by atoms with E-state index in [0.717, 1.165) is 13.0 Å². The topological polar surface area (TPSA) is 98.8 Å². The smallest absolute Gasteiger partial charge is 0.308 e. The first-order valence-electron chi connectivity index (χ1n) is 7.58. The van der Waals surface area contributed by atoms with Gasteiger partial charge in [-0.05, 0) is 25.5 Å². The second-order valence-corrected chi connectivity index (χ2v) is 8.33. The molecule has 0 saturated carbocycles. The highest BCUT2D eigenvalue weighted by molar-refractivity contribution is 9.09. The molecule has 0 spiro atoms. The van der Waals surface area contributed by atoms with Gasteiger partial charge in [0.2, 0.25) is 21.7 Å². The van der Waals surface area contributed by atoms with Gasteiger partial charge in [0.05, 0.1) is 5.75 Å². The lowest BCUT2D eigenvalue weighted by molar-refractivity contribution is -0.142. The standard InChI is InChI=1S/C16H17BrFNO6S/c1-10(20)24-13-14(21)16(2,11-5-3-6-12(18)9-11)25-15(13)19-26(22,23)8-4-7-17/h3,5-6,9,19H,4,7-8H2,1-2H3. The summed E-state index contributed by atoms with van der Waals surface area (Å²) in [5.41, 5.74) is -1.58. The number of carbonyl (C=O) groups is 2. The Morgan fingerprint density at radius 1 is 1.42 bits per heavy atom. The van der Waals surface area contributed by atoms with Crippen LogP contribution in [0.5, 0.6) is 0 Å². The van der Waals surface area contributed by atoms with Gasteiger partial charge >= 0.3 is 5.97 Å². The van der Waals surface area contributed by atoms with Crippen molar-refractivity contribution in [2.75, 3.05) is 11.1 Å². The van der Waals surface area contributed by atoms with Crippen molar-refractivity contribution < 1.29 is 31.9 Å². The van der Waals surface area contributed by atoms with E-state index >= 15 is 0 Å². The van der Waals surface area contributed by atoms with E-state index in [-0.39, 0.29) is 11.3 Å². The molecule has 0 amide bonds. The van der Waals surface area contributed by atoms with Crippen molar-refractivity contribution in [1.29, 1.82) is 0 Å². The van der Waals surface area contributed by atoms with Crippen molar-refractivity contribution >= 4 is 37.7 Å². The molecule has 0 radical (unpaired) electrons. The summed E-state index contributed by atoms with van der Waals surface area (Å²) < 4.78 is 50.3. The average Bonchev–Trinajstić information content (AvgIpc) is 2.77. The molecule has 1 heterocycles. The van der Waals surface area contributed by atoms with E-state index in [0.29, 0.717) is 11.8 Å². The molecule has 1 atom stereocenters. The Bertz CT molecular complexity index is 869. The molecule has 0 aromatic heterocycles. The van der Waals surface area contributed by atoms with Gasteiger partial charge in [0.1, 0.15) is 5.82 Å². The maximum absolute atomic E-state index is 13.6. The Morgan fingerprint density at radius 2 is 2.12 bits per heavy atom. The first-order chi connectivity index (χ1) is 12.1. The van der Waals surface area contributed by atoms with Gasteiger partial charge in [-0.25, -0.2) is 12.8 Å². The summed E-state index contributed by atoms with van der Waals surface area (Å²) in [7, 11) is -3.84. The van der Waals surface area contributed by atoms with Crippen LogP contribution in [-0.4, -0.2) is 31.3 Å². The Hall–Kier alpha value is -1.94. The van der Waals surface area contributed by atoms with E-state index in [4.69, 9.17) is 9.47 Å². The van der Waals surface area contributed by atoms with Crippen LogP contribution < -0.4 is 4.72 Å². The third-order valence-corrected chi connectivity index (χ3v) is 5.45. The number of Topliss-reactive ketones (excluding diaryl/α,β-unsaturated/α-hetero) is 1. The van der Waals surface area contributed by atoms with E-state index < -0.39 is 44.8 Å². The molecule has 0 aliphatic carbocycles.